The summed E-state index contributed by atoms with van der Waals surface area (Å²) in [4.78, 5) is 2.60. The molecule has 1 aliphatic carbocycles. The van der Waals surface area contributed by atoms with E-state index >= 15 is 0 Å². The molecular weight excluding hydrogens is 236 g/mol. The van der Waals surface area contributed by atoms with Crippen LogP contribution < -0.4 is 5.32 Å². The number of likely N-dealkylation sites (tertiary alicyclic amines) is 1. The lowest BCUT2D eigenvalue weighted by Crippen LogP contribution is -2.45. The van der Waals surface area contributed by atoms with Gasteiger partial charge in [0.2, 0.25) is 0 Å². The fraction of sp³-hybridized carbons (Fsp3) is 1.00. The van der Waals surface area contributed by atoms with E-state index < -0.39 is 0 Å². The lowest BCUT2D eigenvalue weighted by molar-refractivity contribution is 0.0974. The van der Waals surface area contributed by atoms with E-state index in [1.807, 2.05) is 0 Å². The maximum absolute atomic E-state index is 9.70. The number of hydrogen-bond acceptors (Lipinski definition) is 3. The molecule has 1 aliphatic heterocycles. The fourth-order valence-electron chi connectivity index (χ4n) is 3.62. The highest BCUT2D eigenvalue weighted by Crippen LogP contribution is 2.24. The van der Waals surface area contributed by atoms with Crippen molar-refractivity contribution >= 4 is 0 Å². The Morgan fingerprint density at radius 2 is 1.89 bits per heavy atom. The van der Waals surface area contributed by atoms with Crippen molar-refractivity contribution in [3.05, 3.63) is 0 Å². The molecule has 0 amide bonds. The minimum absolute atomic E-state index is 0.0339. The maximum atomic E-state index is 9.70. The molecule has 0 aromatic heterocycles. The monoisotopic (exact) mass is 268 g/mol. The predicted octanol–water partition coefficient (Wildman–Crippen LogP) is 2.25. The molecule has 2 atom stereocenters. The van der Waals surface area contributed by atoms with Crippen molar-refractivity contribution in [3.8, 4) is 0 Å². The number of nitrogens with zero attached hydrogens (tertiary/aromatic N) is 1. The van der Waals surface area contributed by atoms with Gasteiger partial charge in [0.25, 0.3) is 0 Å². The Morgan fingerprint density at radius 1 is 1.16 bits per heavy atom. The Balaban J connectivity index is 1.60. The van der Waals surface area contributed by atoms with Gasteiger partial charge in [-0.15, -0.1) is 0 Å². The van der Waals surface area contributed by atoms with Crippen LogP contribution in [0, 0.1) is 11.8 Å². The number of aliphatic hydroxyl groups excluding tert-OH is 1. The molecule has 2 fully saturated rings. The first-order valence-electron chi connectivity index (χ1n) is 8.27. The lowest BCUT2D eigenvalue weighted by atomic mass is 9.87. The molecule has 2 N–H and O–H groups in total. The molecule has 0 aromatic carbocycles. The van der Waals surface area contributed by atoms with Crippen LogP contribution in [0.2, 0.25) is 0 Å². The summed E-state index contributed by atoms with van der Waals surface area (Å²) >= 11 is 0. The standard InChI is InChI=1S/C16H32N2O/c1-13(2)12-18-8-6-15(7-9-18)17-11-14-4-3-5-16(19)10-14/h13-17,19H,3-12H2,1-2H3. The summed E-state index contributed by atoms with van der Waals surface area (Å²) in [6.07, 6.45) is 7.09. The zero-order valence-corrected chi connectivity index (χ0v) is 12.8. The topological polar surface area (TPSA) is 35.5 Å². The van der Waals surface area contributed by atoms with Crippen molar-refractivity contribution in [2.75, 3.05) is 26.2 Å². The van der Waals surface area contributed by atoms with E-state index in [-0.39, 0.29) is 6.10 Å². The zero-order valence-electron chi connectivity index (χ0n) is 12.8. The van der Waals surface area contributed by atoms with E-state index in [9.17, 15) is 5.11 Å². The van der Waals surface area contributed by atoms with Gasteiger partial charge in [0, 0.05) is 12.6 Å². The van der Waals surface area contributed by atoms with Gasteiger partial charge in [0.05, 0.1) is 6.10 Å². The highest BCUT2D eigenvalue weighted by Gasteiger charge is 2.23. The van der Waals surface area contributed by atoms with E-state index in [0.29, 0.717) is 12.0 Å². The van der Waals surface area contributed by atoms with Crippen LogP contribution in [-0.4, -0.2) is 48.3 Å². The summed E-state index contributed by atoms with van der Waals surface area (Å²) in [5.74, 6) is 1.49. The van der Waals surface area contributed by atoms with Crippen LogP contribution in [0.3, 0.4) is 0 Å². The van der Waals surface area contributed by atoms with Crippen LogP contribution in [0.15, 0.2) is 0 Å². The molecule has 0 bridgehead atoms. The Bertz CT molecular complexity index is 249. The van der Waals surface area contributed by atoms with Gasteiger partial charge < -0.3 is 15.3 Å². The van der Waals surface area contributed by atoms with Crippen LogP contribution in [0.4, 0.5) is 0 Å². The van der Waals surface area contributed by atoms with Gasteiger partial charge >= 0.3 is 0 Å². The van der Waals surface area contributed by atoms with Crippen LogP contribution in [0.25, 0.3) is 0 Å². The average Bonchev–Trinajstić information content (AvgIpc) is 2.37. The number of nitrogens with one attached hydrogen (secondary N) is 1. The minimum atomic E-state index is -0.0339. The first kappa shape index (κ1) is 15.3. The summed E-state index contributed by atoms with van der Waals surface area (Å²) in [6, 6.07) is 0.711. The summed E-state index contributed by atoms with van der Waals surface area (Å²) in [6.45, 7) is 9.48. The molecule has 1 saturated carbocycles. The van der Waals surface area contributed by atoms with Gasteiger partial charge in [-0.2, -0.15) is 0 Å². The van der Waals surface area contributed by atoms with E-state index in [4.69, 9.17) is 0 Å². The smallest absolute Gasteiger partial charge is 0.0543 e. The number of aliphatic hydroxyl groups is 1. The molecule has 0 spiro atoms. The number of piperidine rings is 1. The van der Waals surface area contributed by atoms with E-state index in [2.05, 4.69) is 24.1 Å². The van der Waals surface area contributed by atoms with E-state index in [0.717, 1.165) is 25.3 Å². The molecule has 0 aromatic rings. The van der Waals surface area contributed by atoms with Crippen molar-refractivity contribution in [2.24, 2.45) is 11.8 Å². The third-order valence-electron chi connectivity index (χ3n) is 4.66. The van der Waals surface area contributed by atoms with E-state index in [1.165, 1.54) is 45.3 Å². The Hall–Kier alpha value is -0.120. The quantitative estimate of drug-likeness (QED) is 0.803. The lowest BCUT2D eigenvalue weighted by Gasteiger charge is -2.35. The summed E-state index contributed by atoms with van der Waals surface area (Å²) in [5.41, 5.74) is 0. The highest BCUT2D eigenvalue weighted by atomic mass is 16.3. The van der Waals surface area contributed by atoms with Crippen LogP contribution in [0.1, 0.15) is 52.4 Å². The molecule has 3 heteroatoms. The molecule has 112 valence electrons. The molecule has 1 heterocycles. The van der Waals surface area contributed by atoms with Crippen LogP contribution in [-0.2, 0) is 0 Å². The molecule has 1 saturated heterocycles. The Labute approximate surface area is 118 Å². The molecule has 2 unspecified atom stereocenters. The van der Waals surface area contributed by atoms with Gasteiger partial charge in [0.1, 0.15) is 0 Å². The minimum Gasteiger partial charge on any atom is -0.393 e. The largest absolute Gasteiger partial charge is 0.393 e. The summed E-state index contributed by atoms with van der Waals surface area (Å²) in [7, 11) is 0. The second-order valence-corrected chi connectivity index (χ2v) is 7.06. The average molecular weight is 268 g/mol. The predicted molar refractivity (Wildman–Crippen MR) is 80.3 cm³/mol. The third-order valence-corrected chi connectivity index (χ3v) is 4.66. The molecule has 2 rings (SSSR count). The summed E-state index contributed by atoms with van der Waals surface area (Å²) in [5, 5.41) is 13.4. The van der Waals surface area contributed by atoms with Crippen LogP contribution >= 0.6 is 0 Å². The molecule has 3 nitrogen and oxygen atoms in total. The SMILES string of the molecule is CC(C)CN1CCC(NCC2CCCC(O)C2)CC1. The third kappa shape index (κ3) is 5.41. The van der Waals surface area contributed by atoms with Gasteiger partial charge in [0.15, 0.2) is 0 Å². The summed E-state index contributed by atoms with van der Waals surface area (Å²) < 4.78 is 0. The number of rotatable bonds is 5. The van der Waals surface area contributed by atoms with Crippen molar-refractivity contribution < 1.29 is 5.11 Å². The molecule has 2 aliphatic rings. The number of hydrogen-bond donors (Lipinski definition) is 2. The van der Waals surface area contributed by atoms with Gasteiger partial charge in [-0.1, -0.05) is 20.3 Å². The first-order chi connectivity index (χ1) is 9.13. The highest BCUT2D eigenvalue weighted by molar-refractivity contribution is 4.80. The maximum Gasteiger partial charge on any atom is 0.0543 e. The normalized spacial score (nSPS) is 30.9. The fourth-order valence-corrected chi connectivity index (χ4v) is 3.62. The first-order valence-corrected chi connectivity index (χ1v) is 8.27. The Morgan fingerprint density at radius 3 is 2.53 bits per heavy atom. The van der Waals surface area contributed by atoms with Gasteiger partial charge in [-0.25, -0.2) is 0 Å². The van der Waals surface area contributed by atoms with Crippen LogP contribution in [0.5, 0.6) is 0 Å². The van der Waals surface area contributed by atoms with Crippen molar-refractivity contribution in [1.29, 1.82) is 0 Å². The van der Waals surface area contributed by atoms with Crippen molar-refractivity contribution in [2.45, 2.75) is 64.5 Å². The van der Waals surface area contributed by atoms with Gasteiger partial charge in [-0.05, 0) is 63.6 Å². The van der Waals surface area contributed by atoms with Gasteiger partial charge in [-0.3, -0.25) is 0 Å². The molecule has 19 heavy (non-hydrogen) atoms. The second-order valence-electron chi connectivity index (χ2n) is 7.06. The Kier molecular flexibility index (Phi) is 6.11. The van der Waals surface area contributed by atoms with Crippen molar-refractivity contribution in [3.63, 3.8) is 0 Å². The zero-order chi connectivity index (χ0) is 13.7. The van der Waals surface area contributed by atoms with Crippen molar-refractivity contribution in [1.82, 2.24) is 10.2 Å². The van der Waals surface area contributed by atoms with E-state index in [1.54, 1.807) is 0 Å². The molecular formula is C16H32N2O. The second kappa shape index (κ2) is 7.61. The molecule has 0 radical (unpaired) electrons.